The molecule has 1 unspecified atom stereocenters. The number of benzene rings is 2. The van der Waals surface area contributed by atoms with Gasteiger partial charge in [0.15, 0.2) is 0 Å². The highest BCUT2D eigenvalue weighted by atomic mass is 16.5. The van der Waals surface area contributed by atoms with Gasteiger partial charge in [-0.2, -0.15) is 0 Å². The molecule has 2 aromatic heterocycles. The highest BCUT2D eigenvalue weighted by molar-refractivity contribution is 5.91. The molecule has 0 radical (unpaired) electrons. The molecule has 1 fully saturated rings. The van der Waals surface area contributed by atoms with Gasteiger partial charge in [-0.05, 0) is 87.3 Å². The van der Waals surface area contributed by atoms with Gasteiger partial charge in [0, 0.05) is 34.8 Å². The van der Waals surface area contributed by atoms with Crippen LogP contribution in [-0.4, -0.2) is 28.0 Å². The molecule has 1 saturated heterocycles. The topological polar surface area (TPSA) is 72.0 Å². The number of pyridine rings is 1. The van der Waals surface area contributed by atoms with Gasteiger partial charge in [0.25, 0.3) is 0 Å². The maximum Gasteiger partial charge on any atom is 0.145 e. The van der Waals surface area contributed by atoms with Crippen LogP contribution in [0.2, 0.25) is 0 Å². The van der Waals surface area contributed by atoms with Crippen molar-refractivity contribution >= 4 is 22.4 Å². The Morgan fingerprint density at radius 1 is 1.03 bits per heavy atom. The Kier molecular flexibility index (Phi) is 6.37. The fourth-order valence-electron chi connectivity index (χ4n) is 4.01. The quantitative estimate of drug-likeness (QED) is 0.399. The molecule has 0 spiro atoms. The molecule has 34 heavy (non-hydrogen) atoms. The zero-order valence-electron chi connectivity index (χ0n) is 19.4. The molecule has 1 aliphatic heterocycles. The van der Waals surface area contributed by atoms with Gasteiger partial charge in [0.1, 0.15) is 23.6 Å². The Bertz CT molecular complexity index is 1370. The SMILES string of the molecule is Cc1ccc(Oc2ccc(Nc3ncnc4ccc(C#CC5CCCNC5)cc34)cc2C)cn1. The summed E-state index contributed by atoms with van der Waals surface area (Å²) in [6, 6.07) is 15.9. The molecule has 0 bridgehead atoms. The number of rotatable bonds is 4. The lowest BCUT2D eigenvalue weighted by Gasteiger charge is -2.17. The molecule has 0 amide bonds. The zero-order chi connectivity index (χ0) is 23.3. The molecular weight excluding hydrogens is 422 g/mol. The maximum absolute atomic E-state index is 6.00. The van der Waals surface area contributed by atoms with Crippen LogP contribution in [0.4, 0.5) is 11.5 Å². The van der Waals surface area contributed by atoms with Crippen molar-refractivity contribution in [2.75, 3.05) is 18.4 Å². The van der Waals surface area contributed by atoms with Crippen molar-refractivity contribution < 1.29 is 4.74 Å². The second-order valence-electron chi connectivity index (χ2n) is 8.61. The predicted octanol–water partition coefficient (Wildman–Crippen LogP) is 5.53. The monoisotopic (exact) mass is 449 g/mol. The van der Waals surface area contributed by atoms with E-state index in [9.17, 15) is 0 Å². The van der Waals surface area contributed by atoms with Gasteiger partial charge in [-0.15, -0.1) is 0 Å². The Hall–Kier alpha value is -3.95. The van der Waals surface area contributed by atoms with Gasteiger partial charge in [-0.1, -0.05) is 11.8 Å². The molecule has 4 aromatic rings. The summed E-state index contributed by atoms with van der Waals surface area (Å²) < 4.78 is 6.00. The van der Waals surface area contributed by atoms with Gasteiger partial charge in [0.2, 0.25) is 0 Å². The van der Waals surface area contributed by atoms with E-state index in [1.54, 1.807) is 12.5 Å². The van der Waals surface area contributed by atoms with E-state index in [0.29, 0.717) is 11.7 Å². The van der Waals surface area contributed by atoms with Crippen LogP contribution in [0.25, 0.3) is 10.9 Å². The second-order valence-corrected chi connectivity index (χ2v) is 8.61. The smallest absolute Gasteiger partial charge is 0.145 e. The summed E-state index contributed by atoms with van der Waals surface area (Å²) in [5.41, 5.74) is 4.75. The number of aromatic nitrogens is 3. The number of anilines is 2. The maximum atomic E-state index is 6.00. The van der Waals surface area contributed by atoms with Crippen LogP contribution < -0.4 is 15.4 Å². The molecule has 6 heteroatoms. The molecule has 6 nitrogen and oxygen atoms in total. The van der Waals surface area contributed by atoms with Gasteiger partial charge >= 0.3 is 0 Å². The van der Waals surface area contributed by atoms with Crippen molar-refractivity contribution in [2.45, 2.75) is 26.7 Å². The Labute approximate surface area is 199 Å². The fourth-order valence-corrected chi connectivity index (χ4v) is 4.01. The first-order chi connectivity index (χ1) is 16.6. The summed E-state index contributed by atoms with van der Waals surface area (Å²) in [7, 11) is 0. The van der Waals surface area contributed by atoms with Crippen molar-refractivity contribution in [1.82, 2.24) is 20.3 Å². The van der Waals surface area contributed by atoms with Crippen molar-refractivity contribution in [2.24, 2.45) is 5.92 Å². The lowest BCUT2D eigenvalue weighted by Crippen LogP contribution is -2.28. The summed E-state index contributed by atoms with van der Waals surface area (Å²) in [5, 5.41) is 7.80. The largest absolute Gasteiger partial charge is 0.455 e. The number of nitrogens with one attached hydrogen (secondary N) is 2. The highest BCUT2D eigenvalue weighted by Gasteiger charge is 2.10. The van der Waals surface area contributed by atoms with Crippen molar-refractivity contribution in [1.29, 1.82) is 0 Å². The van der Waals surface area contributed by atoms with E-state index >= 15 is 0 Å². The minimum Gasteiger partial charge on any atom is -0.455 e. The molecule has 1 aliphatic rings. The highest BCUT2D eigenvalue weighted by Crippen LogP contribution is 2.30. The molecule has 0 aliphatic carbocycles. The molecule has 2 aromatic carbocycles. The number of nitrogens with zero attached hydrogens (tertiary/aromatic N) is 3. The van der Waals surface area contributed by atoms with Gasteiger partial charge in [0.05, 0.1) is 11.7 Å². The third-order valence-corrected chi connectivity index (χ3v) is 5.90. The zero-order valence-corrected chi connectivity index (χ0v) is 19.4. The number of hydrogen-bond acceptors (Lipinski definition) is 6. The first-order valence-corrected chi connectivity index (χ1v) is 11.6. The van der Waals surface area contributed by atoms with Crippen molar-refractivity contribution in [3.63, 3.8) is 0 Å². The van der Waals surface area contributed by atoms with E-state index in [1.165, 1.54) is 6.42 Å². The fraction of sp³-hybridized carbons (Fsp3) is 0.250. The normalized spacial score (nSPS) is 15.4. The molecule has 5 rings (SSSR count). The van der Waals surface area contributed by atoms with Crippen LogP contribution >= 0.6 is 0 Å². The van der Waals surface area contributed by atoms with Crippen LogP contribution in [0.15, 0.2) is 61.1 Å². The van der Waals surface area contributed by atoms with Crippen LogP contribution in [0.3, 0.4) is 0 Å². The van der Waals surface area contributed by atoms with E-state index in [2.05, 4.69) is 43.5 Å². The number of fused-ring (bicyclic) bond motifs is 1. The standard InChI is InChI=1S/C28H27N5O/c1-19-14-23(9-12-27(19)34-24-10-5-20(2)30-17-24)33-28-25-15-21(8-11-26(25)31-18-32-28)6-7-22-4-3-13-29-16-22/h5,8-12,14-15,17-18,22,29H,3-4,13,16H2,1-2H3,(H,31,32,33). The summed E-state index contributed by atoms with van der Waals surface area (Å²) >= 11 is 0. The van der Waals surface area contributed by atoms with Crippen LogP contribution in [0, 0.1) is 31.6 Å². The predicted molar refractivity (Wildman–Crippen MR) is 136 cm³/mol. The number of piperidine rings is 1. The number of aryl methyl sites for hydroxylation is 2. The average Bonchev–Trinajstić information content (AvgIpc) is 2.86. The van der Waals surface area contributed by atoms with E-state index in [-0.39, 0.29) is 0 Å². The lowest BCUT2D eigenvalue weighted by molar-refractivity contribution is 0.449. The van der Waals surface area contributed by atoms with Gasteiger partial charge in [-0.25, -0.2) is 9.97 Å². The molecule has 1 atom stereocenters. The first kappa shape index (κ1) is 21.9. The van der Waals surface area contributed by atoms with Crippen LogP contribution in [0.5, 0.6) is 11.5 Å². The third kappa shape index (κ3) is 5.16. The number of ether oxygens (including phenoxy) is 1. The number of hydrogen-bond donors (Lipinski definition) is 2. The Balaban J connectivity index is 1.37. The summed E-state index contributed by atoms with van der Waals surface area (Å²) in [6.07, 6.45) is 5.66. The third-order valence-electron chi connectivity index (χ3n) is 5.90. The first-order valence-electron chi connectivity index (χ1n) is 11.6. The van der Waals surface area contributed by atoms with Crippen molar-refractivity contribution in [3.05, 3.63) is 77.9 Å². The minimum atomic E-state index is 0.411. The van der Waals surface area contributed by atoms with Gasteiger partial charge in [-0.3, -0.25) is 4.98 Å². The molecular formula is C28H27N5O. The Morgan fingerprint density at radius 3 is 2.76 bits per heavy atom. The summed E-state index contributed by atoms with van der Waals surface area (Å²) in [4.78, 5) is 13.2. The minimum absolute atomic E-state index is 0.411. The molecule has 0 saturated carbocycles. The van der Waals surface area contributed by atoms with Crippen LogP contribution in [0.1, 0.15) is 29.7 Å². The lowest BCUT2D eigenvalue weighted by atomic mass is 10.00. The van der Waals surface area contributed by atoms with Gasteiger partial charge < -0.3 is 15.4 Å². The average molecular weight is 450 g/mol. The molecule has 170 valence electrons. The van der Waals surface area contributed by atoms with E-state index in [0.717, 1.165) is 64.5 Å². The van der Waals surface area contributed by atoms with Crippen LogP contribution in [-0.2, 0) is 0 Å². The molecule has 3 heterocycles. The Morgan fingerprint density at radius 2 is 1.97 bits per heavy atom. The summed E-state index contributed by atoms with van der Waals surface area (Å²) in [6.45, 7) is 6.04. The van der Waals surface area contributed by atoms with Crippen molar-refractivity contribution in [3.8, 4) is 23.3 Å². The van der Waals surface area contributed by atoms with E-state index < -0.39 is 0 Å². The second kappa shape index (κ2) is 9.90. The van der Waals surface area contributed by atoms with E-state index in [1.807, 2.05) is 56.3 Å². The van der Waals surface area contributed by atoms with E-state index in [4.69, 9.17) is 4.74 Å². The molecule has 2 N–H and O–H groups in total. The summed E-state index contributed by atoms with van der Waals surface area (Å²) in [5.74, 6) is 9.43.